The SMILES string of the molecule is COc1ccccc1CNC(=O)CCc1c(C)c2c(C)nn(-c3ccc(C)cc3)c2n(C)c1=O. The number of aryl methyl sites for hydroxylation is 4. The van der Waals surface area contributed by atoms with Gasteiger partial charge in [-0.05, 0) is 51.0 Å². The normalized spacial score (nSPS) is 11.1. The van der Waals surface area contributed by atoms with Crippen molar-refractivity contribution in [2.45, 2.75) is 40.2 Å². The number of fused-ring (bicyclic) bond motifs is 1. The Morgan fingerprint density at radius 1 is 1.06 bits per heavy atom. The van der Waals surface area contributed by atoms with Crippen LogP contribution in [-0.2, 0) is 24.8 Å². The van der Waals surface area contributed by atoms with Gasteiger partial charge in [-0.2, -0.15) is 5.10 Å². The van der Waals surface area contributed by atoms with Gasteiger partial charge in [-0.3, -0.25) is 14.2 Å². The van der Waals surface area contributed by atoms with Crippen LogP contribution in [0, 0.1) is 20.8 Å². The minimum atomic E-state index is -0.112. The molecular formula is C27H30N4O3. The molecular weight excluding hydrogens is 428 g/mol. The first-order chi connectivity index (χ1) is 16.3. The number of aromatic nitrogens is 3. The molecule has 2 aromatic carbocycles. The van der Waals surface area contributed by atoms with Gasteiger partial charge < -0.3 is 10.1 Å². The lowest BCUT2D eigenvalue weighted by Crippen LogP contribution is -2.27. The predicted molar refractivity (Wildman–Crippen MR) is 134 cm³/mol. The van der Waals surface area contributed by atoms with Crippen LogP contribution in [0.15, 0.2) is 53.3 Å². The van der Waals surface area contributed by atoms with Gasteiger partial charge >= 0.3 is 0 Å². The molecule has 7 nitrogen and oxygen atoms in total. The molecule has 1 N–H and O–H groups in total. The predicted octanol–water partition coefficient (Wildman–Crippen LogP) is 3.91. The molecule has 34 heavy (non-hydrogen) atoms. The summed E-state index contributed by atoms with van der Waals surface area (Å²) in [5.74, 6) is 0.624. The van der Waals surface area contributed by atoms with E-state index in [9.17, 15) is 9.59 Å². The van der Waals surface area contributed by atoms with Gasteiger partial charge in [0, 0.05) is 36.5 Å². The topological polar surface area (TPSA) is 78.2 Å². The number of rotatable bonds is 7. The molecule has 2 heterocycles. The summed E-state index contributed by atoms with van der Waals surface area (Å²) in [5.41, 5.74) is 6.01. The summed E-state index contributed by atoms with van der Waals surface area (Å²) in [6, 6.07) is 15.6. The van der Waals surface area contributed by atoms with E-state index in [0.29, 0.717) is 18.5 Å². The van der Waals surface area contributed by atoms with Crippen LogP contribution in [-0.4, -0.2) is 27.4 Å². The van der Waals surface area contributed by atoms with Gasteiger partial charge in [0.25, 0.3) is 5.56 Å². The van der Waals surface area contributed by atoms with Crippen molar-refractivity contribution in [3.05, 3.63) is 86.8 Å². The summed E-state index contributed by atoms with van der Waals surface area (Å²) in [5, 5.41) is 8.62. The van der Waals surface area contributed by atoms with E-state index in [1.807, 2.05) is 74.0 Å². The van der Waals surface area contributed by atoms with Gasteiger partial charge in [0.1, 0.15) is 11.4 Å². The Morgan fingerprint density at radius 3 is 2.47 bits per heavy atom. The highest BCUT2D eigenvalue weighted by Gasteiger charge is 2.20. The highest BCUT2D eigenvalue weighted by molar-refractivity contribution is 5.85. The number of carbonyl (C=O) groups is 1. The molecule has 1 amide bonds. The second-order valence-corrected chi connectivity index (χ2v) is 8.59. The van der Waals surface area contributed by atoms with Crippen molar-refractivity contribution in [2.75, 3.05) is 7.11 Å². The fraction of sp³-hybridized carbons (Fsp3) is 0.296. The Morgan fingerprint density at radius 2 is 1.76 bits per heavy atom. The number of hydrogen-bond donors (Lipinski definition) is 1. The minimum absolute atomic E-state index is 0.101. The van der Waals surface area contributed by atoms with Crippen LogP contribution in [0.3, 0.4) is 0 Å². The molecule has 7 heteroatoms. The monoisotopic (exact) mass is 458 g/mol. The van der Waals surface area contributed by atoms with E-state index in [1.54, 1.807) is 18.7 Å². The van der Waals surface area contributed by atoms with Crippen LogP contribution in [0.1, 0.15) is 34.4 Å². The van der Waals surface area contributed by atoms with Crippen LogP contribution in [0.5, 0.6) is 5.75 Å². The molecule has 0 saturated carbocycles. The third-order valence-electron chi connectivity index (χ3n) is 6.29. The van der Waals surface area contributed by atoms with Crippen molar-refractivity contribution in [2.24, 2.45) is 7.05 Å². The van der Waals surface area contributed by atoms with Gasteiger partial charge in [0.2, 0.25) is 5.91 Å². The maximum Gasteiger partial charge on any atom is 0.255 e. The smallest absolute Gasteiger partial charge is 0.255 e. The number of para-hydroxylation sites is 1. The highest BCUT2D eigenvalue weighted by atomic mass is 16.5. The maximum atomic E-state index is 13.3. The van der Waals surface area contributed by atoms with Crippen LogP contribution < -0.4 is 15.6 Å². The number of nitrogens with one attached hydrogen (secondary N) is 1. The first kappa shape index (κ1) is 23.3. The Kier molecular flexibility index (Phi) is 6.54. The van der Waals surface area contributed by atoms with Gasteiger partial charge in [-0.15, -0.1) is 0 Å². The molecule has 0 spiro atoms. The lowest BCUT2D eigenvalue weighted by Gasteiger charge is -2.13. The molecule has 0 saturated heterocycles. The van der Waals surface area contributed by atoms with Crippen molar-refractivity contribution in [3.8, 4) is 11.4 Å². The number of hydrogen-bond acceptors (Lipinski definition) is 4. The number of pyridine rings is 1. The third-order valence-corrected chi connectivity index (χ3v) is 6.29. The Hall–Kier alpha value is -3.87. The third kappa shape index (κ3) is 4.33. The van der Waals surface area contributed by atoms with Crippen molar-refractivity contribution in [1.82, 2.24) is 19.7 Å². The Labute approximate surface area is 199 Å². The molecule has 2 aromatic heterocycles. The van der Waals surface area contributed by atoms with E-state index in [0.717, 1.165) is 44.9 Å². The Bertz CT molecular complexity index is 1410. The largest absolute Gasteiger partial charge is 0.496 e. The number of benzene rings is 2. The molecule has 176 valence electrons. The molecule has 0 fully saturated rings. The molecule has 0 atom stereocenters. The zero-order valence-corrected chi connectivity index (χ0v) is 20.3. The number of ether oxygens (including phenoxy) is 1. The molecule has 4 aromatic rings. The van der Waals surface area contributed by atoms with Crippen LogP contribution in [0.25, 0.3) is 16.7 Å². The van der Waals surface area contributed by atoms with Gasteiger partial charge in [-0.25, -0.2) is 4.68 Å². The van der Waals surface area contributed by atoms with E-state index >= 15 is 0 Å². The van der Waals surface area contributed by atoms with Gasteiger partial charge in [-0.1, -0.05) is 35.9 Å². The first-order valence-electron chi connectivity index (χ1n) is 11.3. The number of methoxy groups -OCH3 is 1. The Balaban J connectivity index is 1.59. The summed E-state index contributed by atoms with van der Waals surface area (Å²) >= 11 is 0. The standard InChI is InChI=1S/C27H30N4O3/c1-17-10-12-21(13-11-17)31-26-25(19(3)29-31)18(2)22(27(33)30(26)4)14-15-24(32)28-16-20-8-6-7-9-23(20)34-5/h6-13H,14-16H2,1-5H3,(H,28,32). The van der Waals surface area contributed by atoms with Crippen molar-refractivity contribution in [1.29, 1.82) is 0 Å². The average Bonchev–Trinajstić information content (AvgIpc) is 3.19. The van der Waals surface area contributed by atoms with E-state index in [4.69, 9.17) is 9.84 Å². The summed E-state index contributed by atoms with van der Waals surface area (Å²) in [4.78, 5) is 25.9. The van der Waals surface area contributed by atoms with E-state index < -0.39 is 0 Å². The van der Waals surface area contributed by atoms with Crippen LogP contribution >= 0.6 is 0 Å². The van der Waals surface area contributed by atoms with E-state index in [1.165, 1.54) is 0 Å². The summed E-state index contributed by atoms with van der Waals surface area (Å²) in [7, 11) is 3.37. The molecule has 0 aliphatic carbocycles. The molecule has 0 unspecified atom stereocenters. The quantitative estimate of drug-likeness (QED) is 0.456. The van der Waals surface area contributed by atoms with Crippen molar-refractivity contribution in [3.63, 3.8) is 0 Å². The average molecular weight is 459 g/mol. The zero-order valence-electron chi connectivity index (χ0n) is 20.3. The lowest BCUT2D eigenvalue weighted by molar-refractivity contribution is -0.121. The molecule has 0 bridgehead atoms. The summed E-state index contributed by atoms with van der Waals surface area (Å²) in [6.45, 7) is 6.31. The van der Waals surface area contributed by atoms with Crippen LogP contribution in [0.2, 0.25) is 0 Å². The summed E-state index contributed by atoms with van der Waals surface area (Å²) < 4.78 is 8.80. The molecule has 0 radical (unpaired) electrons. The fourth-order valence-electron chi connectivity index (χ4n) is 4.40. The van der Waals surface area contributed by atoms with E-state index in [2.05, 4.69) is 5.32 Å². The molecule has 0 aliphatic rings. The minimum Gasteiger partial charge on any atom is -0.496 e. The highest BCUT2D eigenvalue weighted by Crippen LogP contribution is 2.26. The molecule has 4 rings (SSSR count). The van der Waals surface area contributed by atoms with Gasteiger partial charge in [0.15, 0.2) is 0 Å². The number of carbonyl (C=O) groups excluding carboxylic acids is 1. The second-order valence-electron chi connectivity index (χ2n) is 8.59. The van der Waals surface area contributed by atoms with Crippen molar-refractivity contribution < 1.29 is 9.53 Å². The summed E-state index contributed by atoms with van der Waals surface area (Å²) in [6.07, 6.45) is 0.587. The van der Waals surface area contributed by atoms with Crippen LogP contribution in [0.4, 0.5) is 0 Å². The number of nitrogens with zero attached hydrogens (tertiary/aromatic N) is 3. The fourth-order valence-corrected chi connectivity index (χ4v) is 4.40. The number of amides is 1. The molecule has 0 aliphatic heterocycles. The second kappa shape index (κ2) is 9.55. The lowest BCUT2D eigenvalue weighted by atomic mass is 10.0. The zero-order chi connectivity index (χ0) is 24.4. The van der Waals surface area contributed by atoms with Crippen molar-refractivity contribution >= 4 is 16.9 Å². The van der Waals surface area contributed by atoms with E-state index in [-0.39, 0.29) is 17.9 Å². The maximum absolute atomic E-state index is 13.3. The first-order valence-corrected chi connectivity index (χ1v) is 11.3. The van der Waals surface area contributed by atoms with Gasteiger partial charge in [0.05, 0.1) is 18.5 Å².